The van der Waals surface area contributed by atoms with E-state index in [1.165, 1.54) is 11.3 Å². The van der Waals surface area contributed by atoms with Gasteiger partial charge in [0.15, 0.2) is 4.80 Å². The molecule has 1 aliphatic heterocycles. The number of rotatable bonds is 9. The van der Waals surface area contributed by atoms with Gasteiger partial charge in [-0.05, 0) is 91.8 Å². The fourth-order valence-corrected chi connectivity index (χ4v) is 7.69. The summed E-state index contributed by atoms with van der Waals surface area (Å²) in [5.41, 5.74) is 4.49. The number of benzene rings is 3. The molecule has 0 amide bonds. The highest BCUT2D eigenvalue weighted by molar-refractivity contribution is 14.1. The predicted molar refractivity (Wildman–Crippen MR) is 185 cm³/mol. The second-order valence-electron chi connectivity index (χ2n) is 10.2. The second-order valence-corrected chi connectivity index (χ2v) is 13.3. The van der Waals surface area contributed by atoms with Crippen LogP contribution in [0.2, 0.25) is 0 Å². The van der Waals surface area contributed by atoms with Crippen molar-refractivity contribution < 1.29 is 23.8 Å². The largest absolute Gasteiger partial charge is 0.487 e. The van der Waals surface area contributed by atoms with Crippen LogP contribution in [0.3, 0.4) is 0 Å². The summed E-state index contributed by atoms with van der Waals surface area (Å²) in [4.78, 5) is 44.5. The van der Waals surface area contributed by atoms with E-state index < -0.39 is 12.0 Å². The van der Waals surface area contributed by atoms with Crippen molar-refractivity contribution in [1.82, 2.24) is 4.57 Å². The molecule has 2 heterocycles. The van der Waals surface area contributed by atoms with Gasteiger partial charge in [0.1, 0.15) is 12.4 Å². The van der Waals surface area contributed by atoms with Crippen LogP contribution in [0.4, 0.5) is 0 Å². The minimum absolute atomic E-state index is 0.209. The highest BCUT2D eigenvalue weighted by Crippen LogP contribution is 2.33. The van der Waals surface area contributed by atoms with E-state index >= 15 is 0 Å². The molecule has 0 radical (unpaired) electrons. The van der Waals surface area contributed by atoms with Crippen LogP contribution in [0.25, 0.3) is 6.08 Å². The normalized spacial score (nSPS) is 14.5. The van der Waals surface area contributed by atoms with E-state index in [4.69, 9.17) is 14.2 Å². The Morgan fingerprint density at radius 1 is 1.00 bits per heavy atom. The van der Waals surface area contributed by atoms with Crippen LogP contribution < -0.4 is 19.6 Å². The third-order valence-electron chi connectivity index (χ3n) is 7.08. The number of halogens is 2. The van der Waals surface area contributed by atoms with Crippen LogP contribution in [0, 0.1) is 10.5 Å². The summed E-state index contributed by atoms with van der Waals surface area (Å²) in [6.07, 6.45) is 1.80. The van der Waals surface area contributed by atoms with Gasteiger partial charge in [-0.1, -0.05) is 69.2 Å². The number of hydrogen-bond acceptors (Lipinski definition) is 8. The van der Waals surface area contributed by atoms with Gasteiger partial charge in [0.25, 0.3) is 5.56 Å². The number of thiazole rings is 1. The van der Waals surface area contributed by atoms with Gasteiger partial charge in [-0.2, -0.15) is 0 Å². The summed E-state index contributed by atoms with van der Waals surface area (Å²) in [6.45, 7) is 8.04. The van der Waals surface area contributed by atoms with Gasteiger partial charge in [-0.15, -0.1) is 0 Å². The van der Waals surface area contributed by atoms with E-state index in [1.807, 2.05) is 55.5 Å². The van der Waals surface area contributed by atoms with Crippen LogP contribution in [0.5, 0.6) is 5.75 Å². The smallest absolute Gasteiger partial charge is 0.338 e. The number of esters is 2. The molecule has 232 valence electrons. The first-order valence-electron chi connectivity index (χ1n) is 14.2. The van der Waals surface area contributed by atoms with Crippen molar-refractivity contribution in [3.8, 4) is 5.75 Å². The van der Waals surface area contributed by atoms with E-state index in [1.54, 1.807) is 43.5 Å². The SMILES string of the molecule is CCOC(=O)C1=C(C)N=c2s/c(=C\c3cc(Br)cc(I)c3OCc3ccc(C(=O)OCC)cc3)c(=O)n2[C@@H]1c1ccc(C)cc1. The molecule has 1 aromatic heterocycles. The molecular formula is C34H30BrIN2O6S. The highest BCUT2D eigenvalue weighted by Gasteiger charge is 2.33. The van der Waals surface area contributed by atoms with Crippen LogP contribution >= 0.6 is 49.9 Å². The van der Waals surface area contributed by atoms with Crippen LogP contribution in [0.1, 0.15) is 59.4 Å². The molecule has 11 heteroatoms. The van der Waals surface area contributed by atoms with E-state index in [2.05, 4.69) is 43.5 Å². The number of aryl methyl sites for hydroxylation is 1. The molecule has 3 aromatic carbocycles. The molecule has 8 nitrogen and oxygen atoms in total. The fraction of sp³-hybridized carbons (Fsp3) is 0.235. The molecule has 1 atom stereocenters. The third-order valence-corrected chi connectivity index (χ3v) is 9.32. The lowest BCUT2D eigenvalue weighted by molar-refractivity contribution is -0.139. The molecule has 0 saturated heterocycles. The maximum Gasteiger partial charge on any atom is 0.338 e. The van der Waals surface area contributed by atoms with E-state index in [0.717, 1.165) is 24.7 Å². The molecule has 0 saturated carbocycles. The van der Waals surface area contributed by atoms with Crippen molar-refractivity contribution in [3.63, 3.8) is 0 Å². The number of carbonyl (C=O) groups excluding carboxylic acids is 2. The summed E-state index contributed by atoms with van der Waals surface area (Å²) in [5, 5.41) is 0. The molecule has 45 heavy (non-hydrogen) atoms. The molecule has 4 aromatic rings. The molecule has 0 N–H and O–H groups in total. The average Bonchev–Trinajstić information content (AvgIpc) is 3.30. The lowest BCUT2D eigenvalue weighted by Crippen LogP contribution is -2.39. The second kappa shape index (κ2) is 14.3. The Bertz CT molecular complexity index is 1980. The van der Waals surface area contributed by atoms with Gasteiger partial charge < -0.3 is 14.2 Å². The van der Waals surface area contributed by atoms with E-state index in [9.17, 15) is 14.4 Å². The zero-order valence-electron chi connectivity index (χ0n) is 25.1. The van der Waals surface area contributed by atoms with Crippen LogP contribution in [0.15, 0.2) is 86.2 Å². The van der Waals surface area contributed by atoms with E-state index in [-0.39, 0.29) is 24.7 Å². The number of hydrogen-bond donors (Lipinski definition) is 0. The van der Waals surface area contributed by atoms with Crippen molar-refractivity contribution >= 4 is 67.9 Å². The Hall–Kier alpha value is -3.55. The van der Waals surface area contributed by atoms with Gasteiger partial charge in [0, 0.05) is 10.0 Å². The van der Waals surface area contributed by atoms with Gasteiger partial charge >= 0.3 is 11.9 Å². The maximum atomic E-state index is 14.1. The Kier molecular flexibility index (Phi) is 10.4. The number of nitrogens with zero attached hydrogens (tertiary/aromatic N) is 2. The quantitative estimate of drug-likeness (QED) is 0.147. The summed E-state index contributed by atoms with van der Waals surface area (Å²) in [6, 6.07) is 18.0. The first kappa shape index (κ1) is 32.8. The van der Waals surface area contributed by atoms with Crippen molar-refractivity contribution in [3.05, 3.63) is 127 Å². The number of aromatic nitrogens is 1. The Balaban J connectivity index is 1.56. The Labute approximate surface area is 286 Å². The molecular weight excluding hydrogens is 771 g/mol. The summed E-state index contributed by atoms with van der Waals surface area (Å²) >= 11 is 7.04. The molecule has 1 aliphatic rings. The molecule has 0 fully saturated rings. The summed E-state index contributed by atoms with van der Waals surface area (Å²) in [5.74, 6) is -0.255. The van der Waals surface area contributed by atoms with Crippen molar-refractivity contribution in [2.24, 2.45) is 4.99 Å². The van der Waals surface area contributed by atoms with Crippen LogP contribution in [-0.2, 0) is 20.9 Å². The minimum atomic E-state index is -0.681. The Morgan fingerprint density at radius 3 is 2.33 bits per heavy atom. The molecule has 0 aliphatic carbocycles. The number of fused-ring (bicyclic) bond motifs is 1. The first-order valence-corrected chi connectivity index (χ1v) is 16.9. The maximum absolute atomic E-state index is 14.1. The number of allylic oxidation sites excluding steroid dienone is 1. The monoisotopic (exact) mass is 800 g/mol. The van der Waals surface area contributed by atoms with Crippen molar-refractivity contribution in [1.29, 1.82) is 0 Å². The zero-order valence-corrected chi connectivity index (χ0v) is 29.6. The standard InChI is InChI=1S/C34H30BrIN2O6S/c1-5-42-32(40)23-13-9-21(10-14-23)18-44-30-24(15-25(35)17-26(30)36)16-27-31(39)38-29(22-11-7-19(3)8-12-22)28(33(41)43-6-2)20(4)37-34(38)45-27/h7-17,29H,5-6,18H2,1-4H3/b27-16-/t29-/m1/s1. The van der Waals surface area contributed by atoms with Crippen molar-refractivity contribution in [2.45, 2.75) is 40.3 Å². The summed E-state index contributed by atoms with van der Waals surface area (Å²) < 4.78 is 20.5. The molecule has 0 bridgehead atoms. The Morgan fingerprint density at radius 2 is 1.67 bits per heavy atom. The fourth-order valence-electron chi connectivity index (χ4n) is 4.94. The minimum Gasteiger partial charge on any atom is -0.487 e. The lowest BCUT2D eigenvalue weighted by atomic mass is 9.95. The van der Waals surface area contributed by atoms with Crippen LogP contribution in [-0.4, -0.2) is 29.7 Å². The molecule has 0 unspecified atom stereocenters. The molecule has 0 spiro atoms. The molecule has 5 rings (SSSR count). The summed E-state index contributed by atoms with van der Waals surface area (Å²) in [7, 11) is 0. The van der Waals surface area contributed by atoms with E-state index in [0.29, 0.717) is 44.1 Å². The highest BCUT2D eigenvalue weighted by atomic mass is 127. The predicted octanol–water partition coefficient (Wildman–Crippen LogP) is 6.23. The van der Waals surface area contributed by atoms with Gasteiger partial charge in [0.2, 0.25) is 0 Å². The van der Waals surface area contributed by atoms with Gasteiger partial charge in [-0.3, -0.25) is 9.36 Å². The van der Waals surface area contributed by atoms with Gasteiger partial charge in [-0.25, -0.2) is 14.6 Å². The van der Waals surface area contributed by atoms with Gasteiger partial charge in [0.05, 0.1) is 44.2 Å². The zero-order chi connectivity index (χ0) is 32.2. The third kappa shape index (κ3) is 7.15. The van der Waals surface area contributed by atoms with Crippen molar-refractivity contribution in [2.75, 3.05) is 13.2 Å². The lowest BCUT2D eigenvalue weighted by Gasteiger charge is -2.24. The average molecular weight is 801 g/mol. The number of ether oxygens (including phenoxy) is 3. The topological polar surface area (TPSA) is 96.2 Å². The number of carbonyl (C=O) groups is 2. The first-order chi connectivity index (χ1) is 21.6.